The lowest BCUT2D eigenvalue weighted by atomic mass is 9.94. The van der Waals surface area contributed by atoms with Crippen molar-refractivity contribution in [1.82, 2.24) is 25.0 Å². The van der Waals surface area contributed by atoms with E-state index in [1.165, 1.54) is 45.2 Å². The molecule has 1 aromatic heterocycles. The minimum Gasteiger partial charge on any atom is -0.312 e. The number of aryl methyl sites for hydroxylation is 1. The van der Waals surface area contributed by atoms with E-state index >= 15 is 0 Å². The number of likely N-dealkylation sites (tertiary alicyclic amines) is 1. The van der Waals surface area contributed by atoms with Crippen molar-refractivity contribution in [2.24, 2.45) is 7.05 Å². The minimum atomic E-state index is 0.693. The first-order chi connectivity index (χ1) is 8.84. The number of piperidine rings is 1. The maximum atomic E-state index is 4.36. The van der Waals surface area contributed by atoms with Crippen LogP contribution in [0, 0.1) is 0 Å². The van der Waals surface area contributed by atoms with E-state index in [1.54, 1.807) is 6.33 Å². The molecule has 1 aromatic rings. The van der Waals surface area contributed by atoms with E-state index in [9.17, 15) is 0 Å². The zero-order valence-electron chi connectivity index (χ0n) is 11.2. The second-order valence-corrected chi connectivity index (χ2v) is 5.54. The summed E-state index contributed by atoms with van der Waals surface area (Å²) in [5.74, 6) is 1.08. The van der Waals surface area contributed by atoms with Crippen molar-refractivity contribution in [2.75, 3.05) is 13.1 Å². The Kier molecular flexibility index (Phi) is 3.61. The van der Waals surface area contributed by atoms with E-state index < -0.39 is 0 Å². The van der Waals surface area contributed by atoms with E-state index in [0.717, 1.165) is 12.4 Å². The standard InChI is InChI=1S/C13H23N5/c1-17-13(15-10-16-17)9-18-8-3-2-6-12(18)11-5-4-7-14-11/h10-12,14H,2-9H2,1H3. The first-order valence-corrected chi connectivity index (χ1v) is 7.15. The highest BCUT2D eigenvalue weighted by Gasteiger charge is 2.31. The van der Waals surface area contributed by atoms with Crippen LogP contribution in [0.5, 0.6) is 0 Å². The van der Waals surface area contributed by atoms with Gasteiger partial charge in [-0.2, -0.15) is 5.10 Å². The molecular formula is C13H23N5. The van der Waals surface area contributed by atoms with E-state index in [0.29, 0.717) is 12.1 Å². The molecule has 3 heterocycles. The van der Waals surface area contributed by atoms with Crippen LogP contribution < -0.4 is 5.32 Å². The average Bonchev–Trinajstić information content (AvgIpc) is 3.03. The van der Waals surface area contributed by atoms with E-state index in [2.05, 4.69) is 20.3 Å². The fourth-order valence-electron chi connectivity index (χ4n) is 3.35. The number of hydrogen-bond donors (Lipinski definition) is 1. The Morgan fingerprint density at radius 2 is 2.28 bits per heavy atom. The molecule has 2 unspecified atom stereocenters. The Bertz CT molecular complexity index is 382. The highest BCUT2D eigenvalue weighted by atomic mass is 15.3. The second kappa shape index (κ2) is 5.36. The maximum absolute atomic E-state index is 4.36. The van der Waals surface area contributed by atoms with Crippen molar-refractivity contribution in [3.8, 4) is 0 Å². The Balaban J connectivity index is 1.69. The smallest absolute Gasteiger partial charge is 0.140 e. The maximum Gasteiger partial charge on any atom is 0.140 e. The molecule has 0 radical (unpaired) electrons. The zero-order chi connectivity index (χ0) is 12.4. The molecule has 0 saturated carbocycles. The average molecular weight is 249 g/mol. The summed E-state index contributed by atoms with van der Waals surface area (Å²) in [6.07, 6.45) is 8.34. The van der Waals surface area contributed by atoms with Crippen molar-refractivity contribution in [2.45, 2.75) is 50.7 Å². The summed E-state index contributed by atoms with van der Waals surface area (Å²) in [5.41, 5.74) is 0. The van der Waals surface area contributed by atoms with Gasteiger partial charge < -0.3 is 5.32 Å². The molecule has 0 aromatic carbocycles. The van der Waals surface area contributed by atoms with Gasteiger partial charge in [-0.15, -0.1) is 0 Å². The Labute approximate surface area is 109 Å². The number of rotatable bonds is 3. The van der Waals surface area contributed by atoms with Gasteiger partial charge in [-0.1, -0.05) is 6.42 Å². The summed E-state index contributed by atoms with van der Waals surface area (Å²) < 4.78 is 1.90. The highest BCUT2D eigenvalue weighted by Crippen LogP contribution is 2.25. The molecule has 0 bridgehead atoms. The summed E-state index contributed by atoms with van der Waals surface area (Å²) in [5, 5.41) is 7.83. The number of nitrogens with one attached hydrogen (secondary N) is 1. The van der Waals surface area contributed by atoms with Crippen molar-refractivity contribution < 1.29 is 0 Å². The van der Waals surface area contributed by atoms with Gasteiger partial charge in [0, 0.05) is 19.1 Å². The zero-order valence-corrected chi connectivity index (χ0v) is 11.2. The van der Waals surface area contributed by atoms with Gasteiger partial charge in [-0.05, 0) is 38.8 Å². The minimum absolute atomic E-state index is 0.693. The molecule has 5 nitrogen and oxygen atoms in total. The molecular weight excluding hydrogens is 226 g/mol. The second-order valence-electron chi connectivity index (χ2n) is 5.54. The molecule has 1 N–H and O–H groups in total. The summed E-state index contributed by atoms with van der Waals surface area (Å²) in [6, 6.07) is 1.39. The fourth-order valence-corrected chi connectivity index (χ4v) is 3.35. The highest BCUT2D eigenvalue weighted by molar-refractivity contribution is 4.93. The van der Waals surface area contributed by atoms with Crippen molar-refractivity contribution in [1.29, 1.82) is 0 Å². The van der Waals surface area contributed by atoms with E-state index in [-0.39, 0.29) is 0 Å². The van der Waals surface area contributed by atoms with Crippen LogP contribution in [0.25, 0.3) is 0 Å². The molecule has 18 heavy (non-hydrogen) atoms. The summed E-state index contributed by atoms with van der Waals surface area (Å²) in [6.45, 7) is 3.34. The third-order valence-corrected chi connectivity index (χ3v) is 4.38. The van der Waals surface area contributed by atoms with Crippen molar-refractivity contribution in [3.05, 3.63) is 12.2 Å². The van der Waals surface area contributed by atoms with Crippen LogP contribution in [0.15, 0.2) is 6.33 Å². The summed E-state index contributed by atoms with van der Waals surface area (Å²) in [4.78, 5) is 6.97. The van der Waals surface area contributed by atoms with Crippen LogP contribution in [0.1, 0.15) is 37.9 Å². The fraction of sp³-hybridized carbons (Fsp3) is 0.846. The first-order valence-electron chi connectivity index (χ1n) is 7.15. The largest absolute Gasteiger partial charge is 0.312 e. The van der Waals surface area contributed by atoms with Crippen LogP contribution in [0.2, 0.25) is 0 Å². The topological polar surface area (TPSA) is 46.0 Å². The molecule has 5 heteroatoms. The molecule has 2 saturated heterocycles. The predicted molar refractivity (Wildman–Crippen MR) is 70.1 cm³/mol. The van der Waals surface area contributed by atoms with Gasteiger partial charge in [0.2, 0.25) is 0 Å². The molecule has 2 fully saturated rings. The van der Waals surface area contributed by atoms with E-state index in [4.69, 9.17) is 0 Å². The van der Waals surface area contributed by atoms with Gasteiger partial charge in [0.1, 0.15) is 12.2 Å². The quantitative estimate of drug-likeness (QED) is 0.865. The lowest BCUT2D eigenvalue weighted by Gasteiger charge is -2.39. The van der Waals surface area contributed by atoms with Crippen molar-refractivity contribution in [3.63, 3.8) is 0 Å². The molecule has 3 rings (SSSR count). The molecule has 2 aliphatic heterocycles. The Morgan fingerprint density at radius 3 is 3.00 bits per heavy atom. The monoisotopic (exact) mass is 249 g/mol. The summed E-state index contributed by atoms with van der Waals surface area (Å²) >= 11 is 0. The van der Waals surface area contributed by atoms with Crippen LogP contribution >= 0.6 is 0 Å². The molecule has 0 aliphatic carbocycles. The lowest BCUT2D eigenvalue weighted by Crippen LogP contribution is -2.49. The molecule has 100 valence electrons. The van der Waals surface area contributed by atoms with Crippen molar-refractivity contribution >= 4 is 0 Å². The van der Waals surface area contributed by atoms with Crippen LogP contribution in [-0.2, 0) is 13.6 Å². The van der Waals surface area contributed by atoms with Gasteiger partial charge in [-0.25, -0.2) is 4.98 Å². The van der Waals surface area contributed by atoms with Gasteiger partial charge >= 0.3 is 0 Å². The molecule has 2 atom stereocenters. The van der Waals surface area contributed by atoms with Crippen LogP contribution in [0.4, 0.5) is 0 Å². The summed E-state index contributed by atoms with van der Waals surface area (Å²) in [7, 11) is 1.98. The molecule has 0 spiro atoms. The predicted octanol–water partition coefficient (Wildman–Crippen LogP) is 0.922. The molecule has 0 amide bonds. The van der Waals surface area contributed by atoms with Gasteiger partial charge in [-0.3, -0.25) is 9.58 Å². The van der Waals surface area contributed by atoms with Crippen LogP contribution in [0.3, 0.4) is 0 Å². The van der Waals surface area contributed by atoms with Gasteiger partial charge in [0.25, 0.3) is 0 Å². The Morgan fingerprint density at radius 1 is 1.33 bits per heavy atom. The van der Waals surface area contributed by atoms with Crippen LogP contribution in [-0.4, -0.2) is 44.8 Å². The number of aromatic nitrogens is 3. The van der Waals surface area contributed by atoms with E-state index in [1.807, 2.05) is 11.7 Å². The normalized spacial score (nSPS) is 29.8. The lowest BCUT2D eigenvalue weighted by molar-refractivity contribution is 0.108. The molecule has 2 aliphatic rings. The van der Waals surface area contributed by atoms with Gasteiger partial charge in [0.15, 0.2) is 0 Å². The Hall–Kier alpha value is -0.940. The third-order valence-electron chi connectivity index (χ3n) is 4.38. The first kappa shape index (κ1) is 12.1. The third kappa shape index (κ3) is 2.42. The number of hydrogen-bond acceptors (Lipinski definition) is 4. The van der Waals surface area contributed by atoms with Gasteiger partial charge in [0.05, 0.1) is 6.54 Å². The number of nitrogens with zero attached hydrogens (tertiary/aromatic N) is 4. The SMILES string of the molecule is Cn1ncnc1CN1CCCCC1C1CCCN1.